The summed E-state index contributed by atoms with van der Waals surface area (Å²) in [6, 6.07) is 0. The average molecular weight is 322 g/mol. The van der Waals surface area contributed by atoms with Crippen molar-refractivity contribution < 1.29 is 23.3 Å². The van der Waals surface area contributed by atoms with E-state index < -0.39 is 7.82 Å². The Labute approximate surface area is 124 Å². The van der Waals surface area contributed by atoms with Crippen molar-refractivity contribution in [2.24, 2.45) is 5.11 Å². The zero-order valence-electron chi connectivity index (χ0n) is 12.2. The van der Waals surface area contributed by atoms with Crippen molar-refractivity contribution in [3.63, 3.8) is 0 Å². The molecule has 10 heteroatoms. The van der Waals surface area contributed by atoms with Gasteiger partial charge < -0.3 is 10.2 Å². The van der Waals surface area contributed by atoms with Gasteiger partial charge >= 0.3 is 7.82 Å². The van der Waals surface area contributed by atoms with Gasteiger partial charge in [0.25, 0.3) is 0 Å². The first-order valence-corrected chi connectivity index (χ1v) is 8.32. The lowest BCUT2D eigenvalue weighted by Crippen LogP contribution is -2.24. The molecule has 1 unspecified atom stereocenters. The third-order valence-electron chi connectivity index (χ3n) is 2.60. The van der Waals surface area contributed by atoms with E-state index in [9.17, 15) is 9.36 Å². The number of rotatable bonds is 13. The Morgan fingerprint density at radius 2 is 2.05 bits per heavy atom. The molecular formula is C11H23N4O5P. The van der Waals surface area contributed by atoms with E-state index in [0.29, 0.717) is 32.4 Å². The summed E-state index contributed by atoms with van der Waals surface area (Å²) in [5.74, 6) is -0.0483. The minimum absolute atomic E-state index is 0.0483. The van der Waals surface area contributed by atoms with Crippen molar-refractivity contribution in [3.8, 4) is 0 Å². The molecule has 1 amide bonds. The Kier molecular flexibility index (Phi) is 12.0. The van der Waals surface area contributed by atoms with E-state index >= 15 is 0 Å². The van der Waals surface area contributed by atoms with Gasteiger partial charge in [-0.3, -0.25) is 13.8 Å². The highest BCUT2D eigenvalue weighted by Crippen LogP contribution is 2.41. The number of carbonyl (C=O) groups excluding carboxylic acids is 1. The second-order valence-corrected chi connectivity index (χ2v) is 5.87. The van der Waals surface area contributed by atoms with Gasteiger partial charge in [-0.05, 0) is 24.8 Å². The summed E-state index contributed by atoms with van der Waals surface area (Å²) in [4.78, 5) is 22.9. The lowest BCUT2D eigenvalue weighted by Gasteiger charge is -2.08. The molecule has 0 radical (unpaired) electrons. The van der Waals surface area contributed by atoms with Crippen LogP contribution in [0.25, 0.3) is 10.4 Å². The van der Waals surface area contributed by atoms with Gasteiger partial charge in [-0.1, -0.05) is 18.0 Å². The number of amides is 1. The van der Waals surface area contributed by atoms with E-state index in [2.05, 4.69) is 24.4 Å². The van der Waals surface area contributed by atoms with Gasteiger partial charge in [0, 0.05) is 31.5 Å². The number of nitrogens with one attached hydrogen (secondary N) is 1. The van der Waals surface area contributed by atoms with Crippen LogP contribution in [-0.4, -0.2) is 37.6 Å². The van der Waals surface area contributed by atoms with Gasteiger partial charge in [-0.15, -0.1) is 0 Å². The molecule has 0 aromatic heterocycles. The van der Waals surface area contributed by atoms with Crippen molar-refractivity contribution in [1.82, 2.24) is 5.32 Å². The van der Waals surface area contributed by atoms with E-state index in [-0.39, 0.29) is 12.5 Å². The number of hydrogen-bond donors (Lipinski definition) is 2. The summed E-state index contributed by atoms with van der Waals surface area (Å²) in [5, 5.41) is 6.12. The van der Waals surface area contributed by atoms with Gasteiger partial charge in [-0.2, -0.15) is 0 Å². The fourth-order valence-corrected chi connectivity index (χ4v) is 1.95. The van der Waals surface area contributed by atoms with Crippen molar-refractivity contribution in [2.75, 3.05) is 26.8 Å². The molecule has 0 fully saturated rings. The first kappa shape index (κ1) is 19.9. The lowest BCUT2D eigenvalue weighted by atomic mass is 10.2. The van der Waals surface area contributed by atoms with Crippen LogP contribution < -0.4 is 5.32 Å². The molecule has 0 saturated carbocycles. The van der Waals surface area contributed by atoms with E-state index in [1.165, 1.54) is 0 Å². The largest absolute Gasteiger partial charge is 0.471 e. The van der Waals surface area contributed by atoms with Crippen LogP contribution in [-0.2, 0) is 18.4 Å². The van der Waals surface area contributed by atoms with Crippen LogP contribution in [0.1, 0.15) is 38.5 Å². The maximum Gasteiger partial charge on any atom is 0.471 e. The Morgan fingerprint density at radius 3 is 2.71 bits per heavy atom. The monoisotopic (exact) mass is 322 g/mol. The Morgan fingerprint density at radius 1 is 1.33 bits per heavy atom. The molecule has 0 heterocycles. The topological polar surface area (TPSA) is 134 Å². The van der Waals surface area contributed by atoms with Crippen molar-refractivity contribution in [3.05, 3.63) is 10.4 Å². The normalized spacial score (nSPS) is 13.2. The molecule has 0 aliphatic carbocycles. The molecule has 1 atom stereocenters. The van der Waals surface area contributed by atoms with Crippen LogP contribution in [0.4, 0.5) is 0 Å². The number of carbonyl (C=O) groups is 1. The molecule has 122 valence electrons. The molecule has 9 nitrogen and oxygen atoms in total. The van der Waals surface area contributed by atoms with Gasteiger partial charge in [0.05, 0.1) is 6.61 Å². The molecule has 0 bridgehead atoms. The predicted octanol–water partition coefficient (Wildman–Crippen LogP) is 2.52. The highest BCUT2D eigenvalue weighted by molar-refractivity contribution is 7.47. The summed E-state index contributed by atoms with van der Waals surface area (Å²) in [6.45, 7) is 1.10. The molecule has 0 aromatic carbocycles. The second kappa shape index (κ2) is 12.6. The average Bonchev–Trinajstić information content (AvgIpc) is 2.46. The van der Waals surface area contributed by atoms with Crippen molar-refractivity contribution in [1.29, 1.82) is 0 Å². The molecule has 2 N–H and O–H groups in total. The number of nitrogens with zero attached hydrogens (tertiary/aromatic N) is 3. The number of unbranched alkanes of at least 4 members (excludes halogenated alkanes) is 3. The summed E-state index contributed by atoms with van der Waals surface area (Å²) in [5.41, 5.74) is 8.06. The minimum Gasteiger partial charge on any atom is -0.356 e. The van der Waals surface area contributed by atoms with E-state index in [1.807, 2.05) is 0 Å². The molecular weight excluding hydrogens is 299 g/mol. The zero-order chi connectivity index (χ0) is 16.0. The van der Waals surface area contributed by atoms with E-state index in [4.69, 9.17) is 10.4 Å². The number of phosphoric ester groups is 1. The smallest absolute Gasteiger partial charge is 0.356 e. The highest BCUT2D eigenvalue weighted by atomic mass is 31.2. The lowest BCUT2D eigenvalue weighted by molar-refractivity contribution is -0.121. The molecule has 0 aromatic rings. The Balaban J connectivity index is 3.34. The number of phosphoric acid groups is 1. The van der Waals surface area contributed by atoms with Crippen molar-refractivity contribution in [2.45, 2.75) is 38.5 Å². The van der Waals surface area contributed by atoms with Crippen LogP contribution in [0.2, 0.25) is 0 Å². The Hall–Kier alpha value is -1.11. The van der Waals surface area contributed by atoms with Gasteiger partial charge in [0.1, 0.15) is 0 Å². The van der Waals surface area contributed by atoms with Crippen LogP contribution >= 0.6 is 7.82 Å². The summed E-state index contributed by atoms with van der Waals surface area (Å²) >= 11 is 0. The van der Waals surface area contributed by atoms with Crippen LogP contribution in [0.3, 0.4) is 0 Å². The third-order valence-corrected chi connectivity index (χ3v) is 3.57. The summed E-state index contributed by atoms with van der Waals surface area (Å²) in [7, 11) is -2.73. The number of hydrogen-bond acceptors (Lipinski definition) is 5. The molecule has 0 spiro atoms. The van der Waals surface area contributed by atoms with Gasteiger partial charge in [0.2, 0.25) is 5.91 Å². The van der Waals surface area contributed by atoms with Crippen LogP contribution in [0, 0.1) is 0 Å². The number of azide groups is 1. The summed E-state index contributed by atoms with van der Waals surface area (Å²) in [6.07, 6.45) is 4.14. The molecule has 0 rings (SSSR count). The fourth-order valence-electron chi connectivity index (χ4n) is 1.48. The first-order chi connectivity index (χ1) is 10.0. The van der Waals surface area contributed by atoms with Crippen LogP contribution in [0.15, 0.2) is 5.11 Å². The van der Waals surface area contributed by atoms with E-state index in [0.717, 1.165) is 26.4 Å². The third kappa shape index (κ3) is 13.6. The second-order valence-electron chi connectivity index (χ2n) is 4.31. The van der Waals surface area contributed by atoms with Gasteiger partial charge in [-0.25, -0.2) is 4.57 Å². The fraction of sp³-hybridized carbons (Fsp3) is 0.909. The van der Waals surface area contributed by atoms with Gasteiger partial charge in [0.15, 0.2) is 0 Å². The highest BCUT2D eigenvalue weighted by Gasteiger charge is 2.17. The molecule has 0 saturated heterocycles. The minimum atomic E-state index is -3.85. The standard InChI is InChI=1S/C11H23N4O5P/c1-19-21(17,18)20-10-5-3-2-4-8-13-11(16)7-6-9-14-15-12/h2-10H2,1H3,(H,13,16)(H,17,18). The van der Waals surface area contributed by atoms with E-state index in [1.54, 1.807) is 0 Å². The Bertz CT molecular complexity index is 387. The quantitative estimate of drug-likeness (QED) is 0.177. The predicted molar refractivity (Wildman–Crippen MR) is 77.5 cm³/mol. The zero-order valence-corrected chi connectivity index (χ0v) is 13.1. The molecule has 0 aliphatic rings. The molecule has 0 aliphatic heterocycles. The first-order valence-electron chi connectivity index (χ1n) is 6.82. The molecule has 21 heavy (non-hydrogen) atoms. The maximum absolute atomic E-state index is 11.3. The SMILES string of the molecule is COP(=O)(O)OCCCCCCNC(=O)CCCN=[N+]=[N-]. The van der Waals surface area contributed by atoms with Crippen LogP contribution in [0.5, 0.6) is 0 Å². The summed E-state index contributed by atoms with van der Waals surface area (Å²) < 4.78 is 19.9. The van der Waals surface area contributed by atoms with Crippen molar-refractivity contribution >= 4 is 13.7 Å². The maximum atomic E-state index is 11.3.